The fraction of sp³-hybridized carbons (Fsp3) is 0. The van der Waals surface area contributed by atoms with Crippen molar-refractivity contribution in [3.63, 3.8) is 0 Å². The van der Waals surface area contributed by atoms with Gasteiger partial charge in [0.05, 0.1) is 33.5 Å². The maximum Gasteiger partial charge on any atom is 0.160 e. The summed E-state index contributed by atoms with van der Waals surface area (Å²) in [6.07, 6.45) is 0. The smallest absolute Gasteiger partial charge is 0.160 e. The summed E-state index contributed by atoms with van der Waals surface area (Å²) in [7, 11) is 0. The van der Waals surface area contributed by atoms with Gasteiger partial charge in [0.25, 0.3) is 0 Å². The van der Waals surface area contributed by atoms with Crippen LogP contribution in [-0.4, -0.2) is 19.1 Å². The van der Waals surface area contributed by atoms with Crippen molar-refractivity contribution in [2.75, 3.05) is 0 Å². The molecule has 10 aromatic carbocycles. The van der Waals surface area contributed by atoms with Crippen molar-refractivity contribution < 1.29 is 0 Å². The number of para-hydroxylation sites is 2. The zero-order valence-electron chi connectivity index (χ0n) is 35.9. The van der Waals surface area contributed by atoms with Crippen molar-refractivity contribution in [1.29, 1.82) is 0 Å². The van der Waals surface area contributed by atoms with Crippen LogP contribution in [0.5, 0.6) is 0 Å². The Morgan fingerprint density at radius 2 is 0.773 bits per heavy atom. The van der Waals surface area contributed by atoms with Crippen molar-refractivity contribution in [3.05, 3.63) is 243 Å². The SMILES string of the molecule is c1ccc(-c2cc(-c3ccccc3)nc(-c3cccc(-n4c5ccccc5c5cc(-c6ccc7c8ccccc8n(-c8ccc(-c9cccc%10ccccc9%10)cc8)c7c6)ccc54)c3)n2)cc1. The summed E-state index contributed by atoms with van der Waals surface area (Å²) < 4.78 is 4.79. The lowest BCUT2D eigenvalue weighted by Crippen LogP contribution is -1.98. The molecule has 3 heterocycles. The number of rotatable bonds is 7. The summed E-state index contributed by atoms with van der Waals surface area (Å²) in [6.45, 7) is 0. The van der Waals surface area contributed by atoms with Gasteiger partial charge in [-0.15, -0.1) is 0 Å². The molecule has 0 amide bonds. The lowest BCUT2D eigenvalue weighted by molar-refractivity contribution is 1.16. The Bertz CT molecular complexity index is 3910. The topological polar surface area (TPSA) is 35.6 Å². The van der Waals surface area contributed by atoms with Crippen molar-refractivity contribution in [2.45, 2.75) is 0 Å². The van der Waals surface area contributed by atoms with E-state index in [9.17, 15) is 0 Å². The van der Waals surface area contributed by atoms with Gasteiger partial charge in [0.1, 0.15) is 0 Å². The van der Waals surface area contributed by atoms with E-state index in [1.165, 1.54) is 65.6 Å². The molecule has 4 nitrogen and oxygen atoms in total. The summed E-state index contributed by atoms with van der Waals surface area (Å²) >= 11 is 0. The van der Waals surface area contributed by atoms with E-state index >= 15 is 0 Å². The minimum absolute atomic E-state index is 0.689. The number of fused-ring (bicyclic) bond motifs is 7. The van der Waals surface area contributed by atoms with E-state index in [1.807, 2.05) is 12.1 Å². The van der Waals surface area contributed by atoms with Gasteiger partial charge >= 0.3 is 0 Å². The normalized spacial score (nSPS) is 11.6. The minimum atomic E-state index is 0.689. The van der Waals surface area contributed by atoms with Crippen LogP contribution in [0.25, 0.3) is 122 Å². The molecule has 308 valence electrons. The summed E-state index contributed by atoms with van der Waals surface area (Å²) in [5, 5.41) is 7.40. The molecule has 0 aliphatic carbocycles. The second-order valence-electron chi connectivity index (χ2n) is 17.0. The second-order valence-corrected chi connectivity index (χ2v) is 17.0. The number of aromatic nitrogens is 4. The van der Waals surface area contributed by atoms with Gasteiger partial charge in [-0.05, 0) is 93.7 Å². The molecule has 4 heteroatoms. The Kier molecular flexibility index (Phi) is 8.81. The van der Waals surface area contributed by atoms with E-state index in [4.69, 9.17) is 9.97 Å². The van der Waals surface area contributed by atoms with Crippen LogP contribution in [0.2, 0.25) is 0 Å². The highest BCUT2D eigenvalue weighted by Crippen LogP contribution is 2.39. The Morgan fingerprint density at radius 3 is 1.50 bits per heavy atom. The monoisotopic (exact) mass is 840 g/mol. The van der Waals surface area contributed by atoms with Crippen LogP contribution in [-0.2, 0) is 0 Å². The predicted molar refractivity (Wildman–Crippen MR) is 275 cm³/mol. The van der Waals surface area contributed by atoms with Gasteiger partial charge in [-0.25, -0.2) is 9.97 Å². The molecule has 0 N–H and O–H groups in total. The van der Waals surface area contributed by atoms with Crippen molar-refractivity contribution in [1.82, 2.24) is 19.1 Å². The number of benzene rings is 10. The van der Waals surface area contributed by atoms with E-state index in [2.05, 4.69) is 240 Å². The third-order valence-corrected chi connectivity index (χ3v) is 13.1. The molecule has 0 aliphatic rings. The zero-order valence-corrected chi connectivity index (χ0v) is 35.9. The third-order valence-electron chi connectivity index (χ3n) is 13.1. The Hall–Kier alpha value is -8.86. The maximum absolute atomic E-state index is 5.16. The summed E-state index contributed by atoms with van der Waals surface area (Å²) in [5.41, 5.74) is 16.5. The molecule has 0 radical (unpaired) electrons. The van der Waals surface area contributed by atoms with E-state index in [-0.39, 0.29) is 0 Å². The molecule has 0 fully saturated rings. The van der Waals surface area contributed by atoms with Crippen LogP contribution in [0, 0.1) is 0 Å². The molecule has 0 bridgehead atoms. The lowest BCUT2D eigenvalue weighted by atomic mass is 9.98. The predicted octanol–water partition coefficient (Wildman–Crippen LogP) is 16.2. The van der Waals surface area contributed by atoms with Crippen LogP contribution in [0.3, 0.4) is 0 Å². The number of hydrogen-bond acceptors (Lipinski definition) is 2. The van der Waals surface area contributed by atoms with Crippen LogP contribution >= 0.6 is 0 Å². The first-order chi connectivity index (χ1) is 32.7. The van der Waals surface area contributed by atoms with Crippen molar-refractivity contribution >= 4 is 54.4 Å². The van der Waals surface area contributed by atoms with Gasteiger partial charge in [0, 0.05) is 49.6 Å². The summed E-state index contributed by atoms with van der Waals surface area (Å²) in [6, 6.07) is 87.0. The van der Waals surface area contributed by atoms with Crippen LogP contribution in [0.15, 0.2) is 243 Å². The molecule has 0 unspecified atom stereocenters. The van der Waals surface area contributed by atoms with Crippen LogP contribution in [0.1, 0.15) is 0 Å². The molecule has 66 heavy (non-hydrogen) atoms. The van der Waals surface area contributed by atoms with E-state index in [0.29, 0.717) is 5.82 Å². The van der Waals surface area contributed by atoms with Gasteiger partial charge in [-0.3, -0.25) is 0 Å². The van der Waals surface area contributed by atoms with Gasteiger partial charge in [0.2, 0.25) is 0 Å². The fourth-order valence-electron chi connectivity index (χ4n) is 10.0. The maximum atomic E-state index is 5.16. The first kappa shape index (κ1) is 37.7. The summed E-state index contributed by atoms with van der Waals surface area (Å²) in [5.74, 6) is 0.689. The molecule has 13 aromatic rings. The third kappa shape index (κ3) is 6.30. The van der Waals surface area contributed by atoms with Crippen molar-refractivity contribution in [3.8, 4) is 67.5 Å². The Morgan fingerprint density at radius 1 is 0.258 bits per heavy atom. The molecular weight excluding hydrogens is 801 g/mol. The Labute approximate surface area is 382 Å². The Balaban J connectivity index is 0.917. The highest BCUT2D eigenvalue weighted by molar-refractivity contribution is 6.12. The largest absolute Gasteiger partial charge is 0.309 e. The first-order valence-corrected chi connectivity index (χ1v) is 22.5. The van der Waals surface area contributed by atoms with Crippen LogP contribution < -0.4 is 0 Å². The van der Waals surface area contributed by atoms with E-state index in [1.54, 1.807) is 0 Å². The van der Waals surface area contributed by atoms with Gasteiger partial charge in [-0.1, -0.05) is 182 Å². The molecule has 0 aliphatic heterocycles. The standard InChI is InChI=1S/C62H40N4/c1-3-16-43(17-4-1)56-40-57(44-18-5-2-6-19-44)64-62(63-56)47-21-13-22-49(37-47)66-59-28-12-10-25-53(59)55-38-45(32-36-60(55)66)46-31-35-54-52-24-9-11-27-58(52)65(61(54)39-46)48-33-29-42(30-34-48)51-26-14-20-41-15-7-8-23-50(41)51/h1-40H. The molecule has 3 aromatic heterocycles. The van der Waals surface area contributed by atoms with E-state index in [0.717, 1.165) is 50.5 Å². The lowest BCUT2D eigenvalue weighted by Gasteiger charge is -2.12. The molecule has 0 saturated carbocycles. The van der Waals surface area contributed by atoms with Gasteiger partial charge in [0.15, 0.2) is 5.82 Å². The molecular formula is C62H40N4. The number of hydrogen-bond donors (Lipinski definition) is 0. The number of nitrogens with zero attached hydrogens (tertiary/aromatic N) is 4. The minimum Gasteiger partial charge on any atom is -0.309 e. The highest BCUT2D eigenvalue weighted by atomic mass is 15.0. The van der Waals surface area contributed by atoms with E-state index < -0.39 is 0 Å². The zero-order chi connectivity index (χ0) is 43.6. The quantitative estimate of drug-likeness (QED) is 0.160. The van der Waals surface area contributed by atoms with Gasteiger partial charge < -0.3 is 9.13 Å². The first-order valence-electron chi connectivity index (χ1n) is 22.5. The fourth-order valence-corrected chi connectivity index (χ4v) is 10.0. The summed E-state index contributed by atoms with van der Waals surface area (Å²) in [4.78, 5) is 10.3. The van der Waals surface area contributed by atoms with Crippen LogP contribution in [0.4, 0.5) is 0 Å². The molecule has 0 spiro atoms. The average Bonchev–Trinajstić information content (AvgIpc) is 3.91. The highest BCUT2D eigenvalue weighted by Gasteiger charge is 2.18. The molecule has 0 atom stereocenters. The molecule has 13 rings (SSSR count). The second kappa shape index (κ2) is 15.4. The van der Waals surface area contributed by atoms with Gasteiger partial charge in [-0.2, -0.15) is 0 Å². The van der Waals surface area contributed by atoms with Crippen molar-refractivity contribution in [2.24, 2.45) is 0 Å². The molecule has 0 saturated heterocycles. The average molecular weight is 841 g/mol.